The SMILES string of the molecule is C#CCOc1nc(-c2ccc(OC)nc2)c(-c2ccc(OC)cc2)o1. The Morgan fingerprint density at radius 2 is 1.80 bits per heavy atom. The molecule has 2 aromatic heterocycles. The van der Waals surface area contributed by atoms with E-state index in [0.717, 1.165) is 16.9 Å². The van der Waals surface area contributed by atoms with Gasteiger partial charge in [0.15, 0.2) is 12.4 Å². The number of benzene rings is 1. The standard InChI is InChI=1S/C19H16N2O4/c1-4-11-24-19-21-17(14-7-10-16(23-3)20-12-14)18(25-19)13-5-8-15(22-2)9-6-13/h1,5-10,12H,11H2,2-3H3. The molecule has 6 nitrogen and oxygen atoms in total. The molecule has 0 spiro atoms. The Morgan fingerprint density at radius 1 is 1.04 bits per heavy atom. The first kappa shape index (κ1) is 16.4. The summed E-state index contributed by atoms with van der Waals surface area (Å²) in [5.74, 6) is 4.21. The van der Waals surface area contributed by atoms with Crippen LogP contribution in [0.25, 0.3) is 22.6 Å². The van der Waals surface area contributed by atoms with Crippen molar-refractivity contribution in [1.29, 1.82) is 0 Å². The smallest absolute Gasteiger partial charge is 0.395 e. The Balaban J connectivity index is 2.04. The van der Waals surface area contributed by atoms with Gasteiger partial charge in [-0.3, -0.25) is 0 Å². The molecule has 0 aliphatic rings. The van der Waals surface area contributed by atoms with Crippen LogP contribution in [0.3, 0.4) is 0 Å². The van der Waals surface area contributed by atoms with E-state index in [0.29, 0.717) is 17.3 Å². The maximum absolute atomic E-state index is 5.76. The molecule has 0 bridgehead atoms. The van der Waals surface area contributed by atoms with Gasteiger partial charge in [-0.05, 0) is 30.3 Å². The zero-order valence-electron chi connectivity index (χ0n) is 13.9. The molecule has 25 heavy (non-hydrogen) atoms. The maximum atomic E-state index is 5.76. The van der Waals surface area contributed by atoms with Crippen LogP contribution >= 0.6 is 0 Å². The summed E-state index contributed by atoms with van der Waals surface area (Å²) in [6.07, 6.45) is 6.99. The summed E-state index contributed by atoms with van der Waals surface area (Å²) >= 11 is 0. The second-order valence-corrected chi connectivity index (χ2v) is 4.97. The third-order valence-electron chi connectivity index (χ3n) is 3.46. The molecule has 0 N–H and O–H groups in total. The largest absolute Gasteiger partial charge is 0.497 e. The van der Waals surface area contributed by atoms with E-state index in [9.17, 15) is 0 Å². The van der Waals surface area contributed by atoms with Crippen molar-refractivity contribution in [1.82, 2.24) is 9.97 Å². The van der Waals surface area contributed by atoms with Gasteiger partial charge in [0, 0.05) is 23.4 Å². The van der Waals surface area contributed by atoms with Crippen LogP contribution in [0.1, 0.15) is 0 Å². The number of hydrogen-bond acceptors (Lipinski definition) is 6. The summed E-state index contributed by atoms with van der Waals surface area (Å²) in [5, 5.41) is 0. The second-order valence-electron chi connectivity index (χ2n) is 4.97. The van der Waals surface area contributed by atoms with Crippen LogP contribution in [0, 0.1) is 12.3 Å². The van der Waals surface area contributed by atoms with Gasteiger partial charge in [-0.25, -0.2) is 4.98 Å². The molecule has 126 valence electrons. The van der Waals surface area contributed by atoms with Crippen LogP contribution < -0.4 is 14.2 Å². The summed E-state index contributed by atoms with van der Waals surface area (Å²) in [5.41, 5.74) is 2.20. The molecule has 0 radical (unpaired) electrons. The van der Waals surface area contributed by atoms with Crippen LogP contribution in [-0.2, 0) is 0 Å². The van der Waals surface area contributed by atoms with E-state index in [4.69, 9.17) is 25.1 Å². The molecular formula is C19H16N2O4. The molecule has 0 fully saturated rings. The molecule has 6 heteroatoms. The van der Waals surface area contributed by atoms with E-state index in [-0.39, 0.29) is 12.7 Å². The van der Waals surface area contributed by atoms with Crippen molar-refractivity contribution in [2.75, 3.05) is 20.8 Å². The van der Waals surface area contributed by atoms with E-state index < -0.39 is 0 Å². The van der Waals surface area contributed by atoms with Gasteiger partial charge in [0.1, 0.15) is 11.4 Å². The van der Waals surface area contributed by atoms with Crippen LogP contribution in [-0.4, -0.2) is 30.8 Å². The highest BCUT2D eigenvalue weighted by molar-refractivity contribution is 5.77. The molecular weight excluding hydrogens is 320 g/mol. The third kappa shape index (κ3) is 3.56. The highest BCUT2D eigenvalue weighted by atomic mass is 16.6. The van der Waals surface area contributed by atoms with Crippen molar-refractivity contribution in [3.8, 4) is 52.6 Å². The van der Waals surface area contributed by atoms with Crippen LogP contribution in [0.2, 0.25) is 0 Å². The predicted molar refractivity (Wildman–Crippen MR) is 92.6 cm³/mol. The molecule has 0 unspecified atom stereocenters. The van der Waals surface area contributed by atoms with Crippen LogP contribution in [0.15, 0.2) is 47.0 Å². The zero-order chi connectivity index (χ0) is 17.6. The fraction of sp³-hybridized carbons (Fsp3) is 0.158. The van der Waals surface area contributed by atoms with Gasteiger partial charge in [0.25, 0.3) is 0 Å². The van der Waals surface area contributed by atoms with E-state index in [1.807, 2.05) is 30.3 Å². The number of terminal acetylenes is 1. The number of methoxy groups -OCH3 is 2. The molecule has 0 saturated heterocycles. The average Bonchev–Trinajstić information content (AvgIpc) is 3.10. The lowest BCUT2D eigenvalue weighted by atomic mass is 10.1. The molecule has 0 amide bonds. The molecule has 0 aliphatic carbocycles. The molecule has 0 saturated carbocycles. The quantitative estimate of drug-likeness (QED) is 0.643. The van der Waals surface area contributed by atoms with Crippen molar-refractivity contribution in [2.45, 2.75) is 0 Å². The maximum Gasteiger partial charge on any atom is 0.395 e. The number of ether oxygens (including phenoxy) is 3. The van der Waals surface area contributed by atoms with Gasteiger partial charge in [-0.2, -0.15) is 4.98 Å². The number of oxazole rings is 1. The van der Waals surface area contributed by atoms with Crippen LogP contribution in [0.5, 0.6) is 17.7 Å². The van der Waals surface area contributed by atoms with Gasteiger partial charge in [0.05, 0.1) is 14.2 Å². The summed E-state index contributed by atoms with van der Waals surface area (Å²) < 4.78 is 21.4. The van der Waals surface area contributed by atoms with Gasteiger partial charge in [0.2, 0.25) is 5.88 Å². The Hall–Kier alpha value is -3.46. The first-order valence-electron chi connectivity index (χ1n) is 7.47. The fourth-order valence-corrected chi connectivity index (χ4v) is 2.24. The minimum absolute atomic E-state index is 0.0723. The van der Waals surface area contributed by atoms with Crippen molar-refractivity contribution >= 4 is 0 Å². The number of aromatic nitrogens is 2. The average molecular weight is 336 g/mol. The number of pyridine rings is 1. The first-order valence-corrected chi connectivity index (χ1v) is 7.47. The molecule has 0 atom stereocenters. The van der Waals surface area contributed by atoms with Gasteiger partial charge >= 0.3 is 6.08 Å². The van der Waals surface area contributed by atoms with Crippen LogP contribution in [0.4, 0.5) is 0 Å². The highest BCUT2D eigenvalue weighted by Crippen LogP contribution is 2.35. The highest BCUT2D eigenvalue weighted by Gasteiger charge is 2.18. The third-order valence-corrected chi connectivity index (χ3v) is 3.46. The van der Waals surface area contributed by atoms with Gasteiger partial charge < -0.3 is 18.6 Å². The second kappa shape index (κ2) is 7.41. The zero-order valence-corrected chi connectivity index (χ0v) is 13.9. The molecule has 0 aliphatic heterocycles. The molecule has 1 aromatic carbocycles. The lowest BCUT2D eigenvalue weighted by Crippen LogP contribution is -1.93. The minimum atomic E-state index is 0.0723. The number of rotatable bonds is 6. The van der Waals surface area contributed by atoms with E-state index >= 15 is 0 Å². The van der Waals surface area contributed by atoms with Crippen molar-refractivity contribution < 1.29 is 18.6 Å². The van der Waals surface area contributed by atoms with E-state index in [1.54, 1.807) is 26.5 Å². The normalized spacial score (nSPS) is 10.1. The Morgan fingerprint density at radius 3 is 2.40 bits per heavy atom. The van der Waals surface area contributed by atoms with E-state index in [1.165, 1.54) is 0 Å². The number of hydrogen-bond donors (Lipinski definition) is 0. The Bertz CT molecular complexity index is 812. The van der Waals surface area contributed by atoms with Crippen molar-refractivity contribution in [3.63, 3.8) is 0 Å². The molecule has 2 heterocycles. The first-order chi connectivity index (χ1) is 12.2. The molecule has 3 aromatic rings. The lowest BCUT2D eigenvalue weighted by Gasteiger charge is -2.04. The fourth-order valence-electron chi connectivity index (χ4n) is 2.24. The van der Waals surface area contributed by atoms with E-state index in [2.05, 4.69) is 15.9 Å². The molecule has 3 rings (SSSR count). The predicted octanol–water partition coefficient (Wildman–Crippen LogP) is 3.43. The summed E-state index contributed by atoms with van der Waals surface area (Å²) in [7, 11) is 3.18. The van der Waals surface area contributed by atoms with Gasteiger partial charge in [-0.15, -0.1) is 6.42 Å². The summed E-state index contributed by atoms with van der Waals surface area (Å²) in [6, 6.07) is 11.0. The Labute approximate surface area is 145 Å². The number of nitrogens with zero attached hydrogens (tertiary/aromatic N) is 2. The minimum Gasteiger partial charge on any atom is -0.497 e. The summed E-state index contributed by atoms with van der Waals surface area (Å²) in [6.45, 7) is 0.0723. The lowest BCUT2D eigenvalue weighted by molar-refractivity contribution is 0.266. The summed E-state index contributed by atoms with van der Waals surface area (Å²) in [4.78, 5) is 8.61. The van der Waals surface area contributed by atoms with Crippen molar-refractivity contribution in [3.05, 3.63) is 42.6 Å². The Kier molecular flexibility index (Phi) is 4.86. The van der Waals surface area contributed by atoms with Gasteiger partial charge in [-0.1, -0.05) is 5.92 Å². The topological polar surface area (TPSA) is 66.6 Å². The monoisotopic (exact) mass is 336 g/mol. The van der Waals surface area contributed by atoms with Crippen molar-refractivity contribution in [2.24, 2.45) is 0 Å².